The minimum atomic E-state index is -2.61. The molecule has 26 heavy (non-hydrogen) atoms. The standard InChI is InChI=1S/C17H25N3O4S2/c1-4-5-6-11-20(17(22)25-18-3)16(21)15(12-19-26(23)24)14-9-7-13(2)8-10-14/h7-10,15,18H,4-6,11-12H2,1-3H3. The number of rotatable bonds is 9. The minimum absolute atomic E-state index is 0.222. The van der Waals surface area contributed by atoms with E-state index in [0.29, 0.717) is 18.5 Å². The number of hydrogen-bond donors (Lipinski definition) is 1. The van der Waals surface area contributed by atoms with Crippen molar-refractivity contribution < 1.29 is 18.0 Å². The molecule has 0 saturated carbocycles. The summed E-state index contributed by atoms with van der Waals surface area (Å²) in [5.41, 5.74) is 1.66. The van der Waals surface area contributed by atoms with Crippen LogP contribution in [-0.2, 0) is 15.3 Å². The van der Waals surface area contributed by atoms with E-state index in [1.807, 2.05) is 26.0 Å². The number of nitrogens with zero attached hydrogens (tertiary/aromatic N) is 2. The third kappa shape index (κ3) is 7.27. The van der Waals surface area contributed by atoms with E-state index < -0.39 is 27.6 Å². The van der Waals surface area contributed by atoms with Crippen molar-refractivity contribution in [3.63, 3.8) is 0 Å². The molecule has 1 aromatic rings. The molecular weight excluding hydrogens is 374 g/mol. The molecule has 1 N–H and O–H groups in total. The van der Waals surface area contributed by atoms with Crippen LogP contribution in [-0.4, -0.2) is 44.6 Å². The molecule has 0 aliphatic rings. The second kappa shape index (κ2) is 11.8. The molecule has 7 nitrogen and oxygen atoms in total. The lowest BCUT2D eigenvalue weighted by molar-refractivity contribution is -0.129. The quantitative estimate of drug-likeness (QED) is 0.506. The highest BCUT2D eigenvalue weighted by atomic mass is 32.2. The number of nitrogens with one attached hydrogen (secondary N) is 1. The van der Waals surface area contributed by atoms with Gasteiger partial charge in [-0.25, -0.2) is 0 Å². The van der Waals surface area contributed by atoms with Gasteiger partial charge in [0, 0.05) is 18.5 Å². The van der Waals surface area contributed by atoms with Gasteiger partial charge < -0.3 is 0 Å². The lowest BCUT2D eigenvalue weighted by atomic mass is 9.96. The second-order valence-electron chi connectivity index (χ2n) is 5.76. The molecule has 1 aromatic carbocycles. The van der Waals surface area contributed by atoms with Gasteiger partial charge in [0.15, 0.2) is 0 Å². The Labute approximate surface area is 160 Å². The van der Waals surface area contributed by atoms with Crippen LogP contribution in [0.25, 0.3) is 0 Å². The van der Waals surface area contributed by atoms with Crippen LogP contribution in [0, 0.1) is 6.92 Å². The van der Waals surface area contributed by atoms with Crippen LogP contribution < -0.4 is 4.72 Å². The Morgan fingerprint density at radius 2 is 1.88 bits per heavy atom. The highest BCUT2D eigenvalue weighted by molar-refractivity contribution is 8.11. The lowest BCUT2D eigenvalue weighted by Gasteiger charge is -2.24. The number of amides is 2. The Balaban J connectivity index is 3.16. The molecule has 0 aliphatic heterocycles. The van der Waals surface area contributed by atoms with Crippen LogP contribution in [0.5, 0.6) is 0 Å². The summed E-state index contributed by atoms with van der Waals surface area (Å²) in [6.07, 6.45) is 2.55. The second-order valence-corrected chi connectivity index (χ2v) is 7.42. The van der Waals surface area contributed by atoms with Crippen LogP contribution in [0.2, 0.25) is 0 Å². The predicted octanol–water partition coefficient (Wildman–Crippen LogP) is 3.15. The first kappa shape index (κ1) is 22.3. The topological polar surface area (TPSA) is 95.9 Å². The number of benzene rings is 1. The van der Waals surface area contributed by atoms with Gasteiger partial charge in [0.1, 0.15) is 0 Å². The first-order valence-electron chi connectivity index (χ1n) is 8.43. The number of carbonyl (C=O) groups excluding carboxylic acids is 2. The zero-order valence-electron chi connectivity index (χ0n) is 15.3. The molecule has 9 heteroatoms. The molecule has 144 valence electrons. The van der Waals surface area contributed by atoms with E-state index in [0.717, 1.165) is 30.4 Å². The Bertz CT molecular complexity index is 725. The smallest absolute Gasteiger partial charge is 0.274 e. The van der Waals surface area contributed by atoms with Crippen molar-refractivity contribution in [2.45, 2.75) is 39.0 Å². The van der Waals surface area contributed by atoms with Gasteiger partial charge in [0.25, 0.3) is 0 Å². The number of unbranched alkanes of at least 4 members (excludes halogenated alkanes) is 2. The molecule has 1 atom stereocenters. The zero-order valence-corrected chi connectivity index (χ0v) is 16.9. The molecule has 2 amide bonds. The Hall–Kier alpha value is -1.71. The normalized spacial score (nSPS) is 11.7. The average Bonchev–Trinajstić information content (AvgIpc) is 2.60. The van der Waals surface area contributed by atoms with Crippen molar-refractivity contribution in [1.82, 2.24) is 9.62 Å². The van der Waals surface area contributed by atoms with Gasteiger partial charge in [0.2, 0.25) is 5.91 Å². The van der Waals surface area contributed by atoms with Gasteiger partial charge in [-0.2, -0.15) is 12.8 Å². The summed E-state index contributed by atoms with van der Waals surface area (Å²) < 4.78 is 27.9. The summed E-state index contributed by atoms with van der Waals surface area (Å²) in [4.78, 5) is 26.6. The maximum atomic E-state index is 13.1. The van der Waals surface area contributed by atoms with Crippen LogP contribution >= 0.6 is 11.9 Å². The average molecular weight is 400 g/mol. The summed E-state index contributed by atoms with van der Waals surface area (Å²) >= 11 is 0.829. The maximum absolute atomic E-state index is 13.1. The predicted molar refractivity (Wildman–Crippen MR) is 103 cm³/mol. The Kier molecular flexibility index (Phi) is 10.2. The number of aryl methyl sites for hydroxylation is 1. The van der Waals surface area contributed by atoms with Crippen molar-refractivity contribution in [1.29, 1.82) is 0 Å². The van der Waals surface area contributed by atoms with Gasteiger partial charge in [-0.3, -0.25) is 19.2 Å². The number of hydrogen-bond acceptors (Lipinski definition) is 7. The molecule has 1 rings (SSSR count). The first-order chi connectivity index (χ1) is 12.4. The summed E-state index contributed by atoms with van der Waals surface area (Å²) in [6, 6.07) is 7.22. The van der Waals surface area contributed by atoms with Gasteiger partial charge >= 0.3 is 15.7 Å². The molecule has 0 aliphatic carbocycles. The van der Waals surface area contributed by atoms with Crippen molar-refractivity contribution >= 4 is 33.6 Å². The third-order valence-corrected chi connectivity index (χ3v) is 4.76. The summed E-state index contributed by atoms with van der Waals surface area (Å²) in [5, 5.41) is -0.408. The van der Waals surface area contributed by atoms with E-state index in [9.17, 15) is 18.0 Å². The van der Waals surface area contributed by atoms with E-state index in [1.54, 1.807) is 19.2 Å². The highest BCUT2D eigenvalue weighted by Gasteiger charge is 2.30. The fourth-order valence-electron chi connectivity index (χ4n) is 2.40. The van der Waals surface area contributed by atoms with E-state index in [4.69, 9.17) is 0 Å². The summed E-state index contributed by atoms with van der Waals surface area (Å²) in [6.45, 7) is 4.03. The van der Waals surface area contributed by atoms with Crippen LogP contribution in [0.3, 0.4) is 0 Å². The van der Waals surface area contributed by atoms with Crippen LogP contribution in [0.4, 0.5) is 4.79 Å². The maximum Gasteiger partial charge on any atom is 0.311 e. The van der Waals surface area contributed by atoms with E-state index >= 15 is 0 Å². The third-order valence-electron chi connectivity index (χ3n) is 3.80. The molecule has 0 spiro atoms. The lowest BCUT2D eigenvalue weighted by Crippen LogP contribution is -2.40. The number of imide groups is 1. The molecular formula is C17H25N3O4S2. The van der Waals surface area contributed by atoms with Gasteiger partial charge in [0.05, 0.1) is 12.5 Å². The van der Waals surface area contributed by atoms with Crippen LogP contribution in [0.15, 0.2) is 28.6 Å². The molecule has 1 unspecified atom stereocenters. The fourth-order valence-corrected chi connectivity index (χ4v) is 3.14. The fraction of sp³-hybridized carbons (Fsp3) is 0.529. The molecule has 0 bridgehead atoms. The Morgan fingerprint density at radius 3 is 2.42 bits per heavy atom. The largest absolute Gasteiger partial charge is 0.311 e. The first-order valence-corrected chi connectivity index (χ1v) is 10.3. The molecule has 0 fully saturated rings. The van der Waals surface area contributed by atoms with Crippen molar-refractivity contribution in [3.8, 4) is 0 Å². The van der Waals surface area contributed by atoms with Crippen molar-refractivity contribution in [2.24, 2.45) is 4.36 Å². The zero-order chi connectivity index (χ0) is 19.5. The summed E-state index contributed by atoms with van der Waals surface area (Å²) in [7, 11) is -1.01. The van der Waals surface area contributed by atoms with Gasteiger partial charge in [-0.1, -0.05) is 49.6 Å². The van der Waals surface area contributed by atoms with E-state index in [2.05, 4.69) is 9.08 Å². The van der Waals surface area contributed by atoms with Gasteiger partial charge in [-0.05, 0) is 26.0 Å². The van der Waals surface area contributed by atoms with E-state index in [-0.39, 0.29) is 6.54 Å². The summed E-state index contributed by atoms with van der Waals surface area (Å²) in [5.74, 6) is -1.26. The van der Waals surface area contributed by atoms with Crippen molar-refractivity contribution in [2.75, 3.05) is 20.1 Å². The van der Waals surface area contributed by atoms with E-state index in [1.165, 1.54) is 4.90 Å². The SMILES string of the molecule is CCCCCN(C(=O)SNC)C(=O)C(CN=S(=O)=O)c1ccc(C)cc1. The Morgan fingerprint density at radius 1 is 1.23 bits per heavy atom. The molecule has 0 radical (unpaired) electrons. The number of carbonyl (C=O) groups is 2. The van der Waals surface area contributed by atoms with Crippen LogP contribution in [0.1, 0.15) is 43.2 Å². The van der Waals surface area contributed by atoms with Crippen molar-refractivity contribution in [3.05, 3.63) is 35.4 Å². The molecule has 0 saturated heterocycles. The molecule has 0 heterocycles. The monoisotopic (exact) mass is 399 g/mol. The minimum Gasteiger partial charge on any atom is -0.274 e. The molecule has 0 aromatic heterocycles. The van der Waals surface area contributed by atoms with Gasteiger partial charge in [-0.15, -0.1) is 0 Å². The highest BCUT2D eigenvalue weighted by Crippen LogP contribution is 2.22.